The van der Waals surface area contributed by atoms with Crippen LogP contribution in [-0.2, 0) is 30.1 Å². The van der Waals surface area contributed by atoms with E-state index in [1.165, 1.54) is 39.8 Å². The normalized spacial score (nSPS) is 12.4. The average Bonchev–Trinajstić information content (AvgIpc) is 2.61. The highest BCUT2D eigenvalue weighted by molar-refractivity contribution is 7.53. The number of rotatable bonds is 8. The number of hydrogen-bond donors (Lipinski definition) is 1. The van der Waals surface area contributed by atoms with Gasteiger partial charge in [0.15, 0.2) is 0 Å². The van der Waals surface area contributed by atoms with Crippen molar-refractivity contribution in [1.29, 1.82) is 0 Å². The number of carbonyl (C=O) groups is 2. The molecule has 1 aromatic rings. The third-order valence-corrected chi connectivity index (χ3v) is 4.80. The molecule has 1 aromatic heterocycles. The lowest BCUT2D eigenvalue weighted by Crippen LogP contribution is -2.43. The fraction of sp³-hybridized carbons (Fsp3) is 0.529. The third-order valence-electron chi connectivity index (χ3n) is 3.18. The van der Waals surface area contributed by atoms with E-state index < -0.39 is 60.9 Å². The predicted octanol–water partition coefficient (Wildman–Crippen LogP) is 1.84. The van der Waals surface area contributed by atoms with Crippen molar-refractivity contribution in [1.82, 2.24) is 9.55 Å². The van der Waals surface area contributed by atoms with Gasteiger partial charge in [0.05, 0.1) is 12.2 Å². The van der Waals surface area contributed by atoms with Crippen LogP contribution < -0.4 is 16.7 Å². The van der Waals surface area contributed by atoms with Crippen molar-refractivity contribution in [2.45, 2.75) is 59.4 Å². The summed E-state index contributed by atoms with van der Waals surface area (Å²) in [4.78, 5) is 49.2. The fourth-order valence-electron chi connectivity index (χ4n) is 2.03. The van der Waals surface area contributed by atoms with Crippen LogP contribution in [0.15, 0.2) is 21.7 Å². The number of aromatic amines is 1. The lowest BCUT2D eigenvalue weighted by molar-refractivity contribution is -0.0712. The van der Waals surface area contributed by atoms with Crippen molar-refractivity contribution >= 4 is 25.5 Å². The third kappa shape index (κ3) is 7.18. The Morgan fingerprint density at radius 3 is 2.00 bits per heavy atom. The Bertz CT molecular complexity index is 912. The summed E-state index contributed by atoms with van der Waals surface area (Å²) < 4.78 is 47.2. The van der Waals surface area contributed by atoms with Crippen LogP contribution in [-0.4, -0.2) is 40.1 Å². The molecule has 11 nitrogen and oxygen atoms in total. The standard InChI is InChI=1S/C17H24FN2O9P/c1-6-7-8-20-13(11(18)12(21)19-14(20)22)30(25)17(28-15(23)26-9(2)3)29-16(24)27-10(4)5/h6-7,9-10,17,30H,8H2,1-5H3,(H,19,21,22). The molecule has 13 heteroatoms. The van der Waals surface area contributed by atoms with E-state index in [2.05, 4.69) is 0 Å². The Balaban J connectivity index is 3.43. The second kappa shape index (κ2) is 11.3. The maximum Gasteiger partial charge on any atom is 0.512 e. The molecule has 1 heterocycles. The smallest absolute Gasteiger partial charge is 0.431 e. The first-order chi connectivity index (χ1) is 14.0. The zero-order valence-electron chi connectivity index (χ0n) is 17.1. The molecule has 1 atom stereocenters. The second-order valence-electron chi connectivity index (χ2n) is 6.37. The van der Waals surface area contributed by atoms with Gasteiger partial charge in [-0.2, -0.15) is 4.39 Å². The highest BCUT2D eigenvalue weighted by Gasteiger charge is 2.34. The summed E-state index contributed by atoms with van der Waals surface area (Å²) in [6.45, 7) is 7.36. The molecule has 0 bridgehead atoms. The van der Waals surface area contributed by atoms with E-state index in [0.717, 1.165) is 0 Å². The number of H-pyrrole nitrogens is 1. The van der Waals surface area contributed by atoms with Crippen molar-refractivity contribution < 1.29 is 37.5 Å². The maximum absolute atomic E-state index is 14.5. The van der Waals surface area contributed by atoms with Gasteiger partial charge in [-0.05, 0) is 34.6 Å². The van der Waals surface area contributed by atoms with Gasteiger partial charge in [0.25, 0.3) is 5.56 Å². The molecule has 0 saturated carbocycles. The topological polar surface area (TPSA) is 143 Å². The Kier molecular flexibility index (Phi) is 9.51. The molecule has 0 aliphatic rings. The largest absolute Gasteiger partial charge is 0.512 e. The Labute approximate surface area is 171 Å². The Hall–Kier alpha value is -2.88. The van der Waals surface area contributed by atoms with E-state index in [1.54, 1.807) is 11.9 Å². The maximum atomic E-state index is 14.5. The van der Waals surface area contributed by atoms with E-state index in [-0.39, 0.29) is 6.54 Å². The van der Waals surface area contributed by atoms with E-state index in [0.29, 0.717) is 4.57 Å². The average molecular weight is 450 g/mol. The Morgan fingerprint density at radius 1 is 1.07 bits per heavy atom. The molecule has 1 rings (SSSR count). The van der Waals surface area contributed by atoms with Gasteiger partial charge in [0.1, 0.15) is 5.44 Å². The summed E-state index contributed by atoms with van der Waals surface area (Å²) in [6, 6.07) is -2.19. The van der Waals surface area contributed by atoms with Gasteiger partial charge in [-0.1, -0.05) is 12.2 Å². The molecule has 0 radical (unpaired) electrons. The molecule has 0 amide bonds. The minimum absolute atomic E-state index is 0.256. The minimum Gasteiger partial charge on any atom is -0.431 e. The van der Waals surface area contributed by atoms with Crippen LogP contribution in [0.1, 0.15) is 34.6 Å². The highest BCUT2D eigenvalue weighted by atomic mass is 31.1. The number of halogens is 1. The molecule has 1 N–H and O–H groups in total. The van der Waals surface area contributed by atoms with Crippen LogP contribution >= 0.6 is 7.80 Å². The van der Waals surface area contributed by atoms with E-state index in [9.17, 15) is 28.1 Å². The second-order valence-corrected chi connectivity index (χ2v) is 8.04. The zero-order valence-corrected chi connectivity index (χ0v) is 18.1. The van der Waals surface area contributed by atoms with Gasteiger partial charge < -0.3 is 23.5 Å². The number of hydrogen-bond acceptors (Lipinski definition) is 9. The molecule has 0 spiro atoms. The quantitative estimate of drug-likeness (QED) is 0.272. The zero-order chi connectivity index (χ0) is 23.0. The first kappa shape index (κ1) is 25.2. The predicted molar refractivity (Wildman–Crippen MR) is 104 cm³/mol. The fourth-order valence-corrected chi connectivity index (χ4v) is 3.45. The molecule has 168 valence electrons. The van der Waals surface area contributed by atoms with Crippen LogP contribution in [0.25, 0.3) is 0 Å². The highest BCUT2D eigenvalue weighted by Crippen LogP contribution is 2.30. The number of aromatic nitrogens is 2. The molecular weight excluding hydrogens is 426 g/mol. The van der Waals surface area contributed by atoms with Gasteiger partial charge in [-0.3, -0.25) is 14.3 Å². The summed E-state index contributed by atoms with van der Waals surface area (Å²) >= 11 is 0. The van der Waals surface area contributed by atoms with E-state index in [4.69, 9.17) is 18.9 Å². The number of ether oxygens (including phenoxy) is 4. The minimum atomic E-state index is -3.76. The lowest BCUT2D eigenvalue weighted by atomic mass is 10.5. The molecule has 0 aliphatic carbocycles. The van der Waals surface area contributed by atoms with Crippen molar-refractivity contribution in [3.8, 4) is 0 Å². The Morgan fingerprint density at radius 2 is 1.57 bits per heavy atom. The first-order valence-corrected chi connectivity index (χ1v) is 10.4. The monoisotopic (exact) mass is 450 g/mol. The van der Waals surface area contributed by atoms with Crippen LogP contribution in [0.5, 0.6) is 0 Å². The van der Waals surface area contributed by atoms with Gasteiger partial charge in [-0.15, -0.1) is 0 Å². The van der Waals surface area contributed by atoms with Crippen LogP contribution in [0.3, 0.4) is 0 Å². The molecule has 0 saturated heterocycles. The van der Waals surface area contributed by atoms with Crippen LogP contribution in [0.2, 0.25) is 0 Å². The number of carbonyl (C=O) groups excluding carboxylic acids is 2. The van der Waals surface area contributed by atoms with Gasteiger partial charge in [-0.25, -0.2) is 14.4 Å². The van der Waals surface area contributed by atoms with Crippen molar-refractivity contribution in [3.63, 3.8) is 0 Å². The lowest BCUT2D eigenvalue weighted by Gasteiger charge is -2.20. The van der Waals surface area contributed by atoms with Gasteiger partial charge >= 0.3 is 24.0 Å². The molecule has 30 heavy (non-hydrogen) atoms. The van der Waals surface area contributed by atoms with Crippen molar-refractivity contribution in [2.75, 3.05) is 0 Å². The van der Waals surface area contributed by atoms with E-state index in [1.807, 2.05) is 0 Å². The van der Waals surface area contributed by atoms with Crippen LogP contribution in [0.4, 0.5) is 14.0 Å². The van der Waals surface area contributed by atoms with Crippen molar-refractivity contribution in [3.05, 3.63) is 38.8 Å². The summed E-state index contributed by atoms with van der Waals surface area (Å²) in [5.74, 6) is -1.55. The molecule has 0 aromatic carbocycles. The summed E-state index contributed by atoms with van der Waals surface area (Å²) in [6.07, 6.45) is -1.04. The molecule has 0 aliphatic heterocycles. The number of nitrogens with one attached hydrogen (secondary N) is 1. The summed E-state index contributed by atoms with van der Waals surface area (Å²) in [7, 11) is -3.76. The molecule has 1 unspecified atom stereocenters. The van der Waals surface area contributed by atoms with Crippen molar-refractivity contribution in [2.24, 2.45) is 0 Å². The van der Waals surface area contributed by atoms with Gasteiger partial charge in [0, 0.05) is 6.54 Å². The molecule has 0 fully saturated rings. The number of allylic oxidation sites excluding steroid dienone is 2. The first-order valence-electron chi connectivity index (χ1n) is 8.90. The van der Waals surface area contributed by atoms with Crippen LogP contribution in [0, 0.1) is 5.82 Å². The van der Waals surface area contributed by atoms with Gasteiger partial charge in [0.2, 0.25) is 13.6 Å². The summed E-state index contributed by atoms with van der Waals surface area (Å²) in [5.41, 5.74) is -3.36. The summed E-state index contributed by atoms with van der Waals surface area (Å²) in [5, 5.41) is 0. The van der Waals surface area contributed by atoms with E-state index >= 15 is 0 Å². The molecular formula is C17H24FN2O9P. The number of nitrogens with zero attached hydrogens (tertiary/aromatic N) is 1. The SMILES string of the molecule is CC=CCn1c([PH](=O)C(OC(=O)OC(C)C)OC(=O)OC(C)C)c(F)c(=O)[nH]c1=O.